The van der Waals surface area contributed by atoms with Gasteiger partial charge in [-0.3, -0.25) is 4.79 Å². The average Bonchev–Trinajstić information content (AvgIpc) is 2.75. The van der Waals surface area contributed by atoms with Crippen molar-refractivity contribution in [3.63, 3.8) is 0 Å². The number of carbonyl (C=O) groups is 1. The topological polar surface area (TPSA) is 75.3 Å². The largest absolute Gasteiger partial charge is 0.354 e. The van der Waals surface area contributed by atoms with Gasteiger partial charge in [0.15, 0.2) is 0 Å². The molecule has 1 aliphatic heterocycles. The number of carbonyl (C=O) groups excluding carboxylic acids is 1. The van der Waals surface area contributed by atoms with Gasteiger partial charge >= 0.3 is 0 Å². The molecule has 2 rings (SSSR count). The van der Waals surface area contributed by atoms with Crippen LogP contribution in [0.1, 0.15) is 12.0 Å². The normalized spacial score (nSPS) is 20.6. The van der Waals surface area contributed by atoms with Crippen LogP contribution in [0.3, 0.4) is 0 Å². The first-order chi connectivity index (χ1) is 7.88. The Kier molecular flexibility index (Phi) is 3.58. The molecule has 2 heterocycles. The summed E-state index contributed by atoms with van der Waals surface area (Å²) in [4.78, 5) is 11.0. The van der Waals surface area contributed by atoms with Crippen molar-refractivity contribution in [2.75, 3.05) is 6.54 Å². The van der Waals surface area contributed by atoms with Crippen LogP contribution < -0.4 is 10.0 Å². The van der Waals surface area contributed by atoms with E-state index in [2.05, 4.69) is 26.0 Å². The molecule has 2 N–H and O–H groups in total. The fourth-order valence-corrected chi connectivity index (χ4v) is 5.01. The van der Waals surface area contributed by atoms with E-state index in [1.807, 2.05) is 6.92 Å². The molecule has 1 unspecified atom stereocenters. The van der Waals surface area contributed by atoms with Crippen LogP contribution in [0.25, 0.3) is 0 Å². The smallest absolute Gasteiger partial charge is 0.250 e. The molecule has 0 radical (unpaired) electrons. The molecule has 5 nitrogen and oxygen atoms in total. The van der Waals surface area contributed by atoms with Gasteiger partial charge in [0.1, 0.15) is 4.21 Å². The number of thiophene rings is 1. The van der Waals surface area contributed by atoms with E-state index in [1.165, 1.54) is 11.3 Å². The van der Waals surface area contributed by atoms with Crippen molar-refractivity contribution in [2.45, 2.75) is 23.6 Å². The summed E-state index contributed by atoms with van der Waals surface area (Å²) < 4.78 is 27.6. The second-order valence-corrected chi connectivity index (χ2v) is 8.16. The summed E-state index contributed by atoms with van der Waals surface area (Å²) in [7, 11) is -3.52. The lowest BCUT2D eigenvalue weighted by Crippen LogP contribution is -2.35. The molecule has 8 heteroatoms. The number of aryl methyl sites for hydroxylation is 1. The minimum Gasteiger partial charge on any atom is -0.354 e. The Bertz CT molecular complexity index is 533. The summed E-state index contributed by atoms with van der Waals surface area (Å²) in [5.74, 6) is -0.124. The highest BCUT2D eigenvalue weighted by Gasteiger charge is 2.28. The maximum Gasteiger partial charge on any atom is 0.250 e. The van der Waals surface area contributed by atoms with E-state index >= 15 is 0 Å². The van der Waals surface area contributed by atoms with Gasteiger partial charge in [0.25, 0.3) is 0 Å². The van der Waals surface area contributed by atoms with Gasteiger partial charge in [0, 0.05) is 19.0 Å². The third kappa shape index (κ3) is 2.87. The van der Waals surface area contributed by atoms with Crippen molar-refractivity contribution in [3.05, 3.63) is 15.4 Å². The molecule has 0 aliphatic carbocycles. The van der Waals surface area contributed by atoms with Gasteiger partial charge < -0.3 is 5.32 Å². The van der Waals surface area contributed by atoms with E-state index in [-0.39, 0.29) is 22.6 Å². The lowest BCUT2D eigenvalue weighted by atomic mass is 10.3. The Morgan fingerprint density at radius 2 is 2.29 bits per heavy atom. The molecule has 1 aliphatic rings. The fourth-order valence-electron chi connectivity index (χ4n) is 1.53. The molecule has 1 amide bonds. The van der Waals surface area contributed by atoms with Crippen LogP contribution >= 0.6 is 27.3 Å². The predicted molar refractivity (Wildman–Crippen MR) is 68.5 cm³/mol. The van der Waals surface area contributed by atoms with Crippen LogP contribution in [0.4, 0.5) is 0 Å². The molecular formula is C9H11BrN2O3S2. The van der Waals surface area contributed by atoms with Crippen molar-refractivity contribution in [2.24, 2.45) is 0 Å². The maximum absolute atomic E-state index is 12.0. The van der Waals surface area contributed by atoms with Crippen LogP contribution in [0.2, 0.25) is 0 Å². The third-order valence-corrected chi connectivity index (χ3v) is 6.53. The molecule has 1 saturated heterocycles. The molecule has 0 saturated carbocycles. The monoisotopic (exact) mass is 338 g/mol. The van der Waals surface area contributed by atoms with Crippen LogP contribution in [0, 0.1) is 6.92 Å². The van der Waals surface area contributed by atoms with Crippen molar-refractivity contribution in [3.8, 4) is 0 Å². The Morgan fingerprint density at radius 3 is 2.76 bits per heavy atom. The van der Waals surface area contributed by atoms with E-state index in [4.69, 9.17) is 0 Å². The Balaban J connectivity index is 2.16. The molecule has 0 aromatic carbocycles. The molecule has 17 heavy (non-hydrogen) atoms. The number of hydrogen-bond donors (Lipinski definition) is 2. The fraction of sp³-hybridized carbons (Fsp3) is 0.444. The third-order valence-electron chi connectivity index (χ3n) is 2.40. The van der Waals surface area contributed by atoms with Crippen LogP contribution in [-0.4, -0.2) is 26.9 Å². The van der Waals surface area contributed by atoms with Gasteiger partial charge in [-0.15, -0.1) is 11.3 Å². The Morgan fingerprint density at radius 1 is 1.59 bits per heavy atom. The highest BCUT2D eigenvalue weighted by Crippen LogP contribution is 2.30. The molecule has 1 atom stereocenters. The summed E-state index contributed by atoms with van der Waals surface area (Å²) in [5, 5.41) is 2.59. The molecule has 1 aromatic rings. The summed E-state index contributed by atoms with van der Waals surface area (Å²) >= 11 is 4.46. The van der Waals surface area contributed by atoms with Gasteiger partial charge in [-0.25, -0.2) is 13.1 Å². The molecule has 0 bridgehead atoms. The number of hydrogen-bond acceptors (Lipinski definition) is 4. The van der Waals surface area contributed by atoms with Crippen LogP contribution in [0.15, 0.2) is 14.1 Å². The van der Waals surface area contributed by atoms with E-state index in [1.54, 1.807) is 6.07 Å². The predicted octanol–water partition coefficient (Wildman–Crippen LogP) is 0.986. The van der Waals surface area contributed by atoms with Crippen molar-refractivity contribution < 1.29 is 13.2 Å². The first-order valence-electron chi connectivity index (χ1n) is 4.93. The second kappa shape index (κ2) is 4.68. The molecule has 0 spiro atoms. The highest BCUT2D eigenvalue weighted by atomic mass is 79.9. The van der Waals surface area contributed by atoms with E-state index < -0.39 is 10.0 Å². The Hall–Kier alpha value is -0.440. The number of halogens is 1. The molecule has 94 valence electrons. The van der Waals surface area contributed by atoms with Crippen molar-refractivity contribution in [1.29, 1.82) is 0 Å². The SMILES string of the molecule is Cc1cc(S(=O)(=O)NC2CNC(=O)C2)sc1Br. The number of amides is 1. The van der Waals surface area contributed by atoms with Gasteiger partial charge in [0.2, 0.25) is 15.9 Å². The zero-order valence-corrected chi connectivity index (χ0v) is 12.2. The van der Waals surface area contributed by atoms with Crippen LogP contribution in [0.5, 0.6) is 0 Å². The van der Waals surface area contributed by atoms with E-state index in [9.17, 15) is 13.2 Å². The summed E-state index contributed by atoms with van der Waals surface area (Å²) in [6.07, 6.45) is 0.199. The quantitative estimate of drug-likeness (QED) is 0.862. The lowest BCUT2D eigenvalue weighted by Gasteiger charge is -2.09. The first kappa shape index (κ1) is 13.0. The lowest BCUT2D eigenvalue weighted by molar-refractivity contribution is -0.119. The van der Waals surface area contributed by atoms with E-state index in [0.29, 0.717) is 6.54 Å². The second-order valence-electron chi connectivity index (χ2n) is 3.85. The summed E-state index contributed by atoms with van der Waals surface area (Å²) in [6.45, 7) is 2.18. The average molecular weight is 339 g/mol. The maximum atomic E-state index is 12.0. The minimum atomic E-state index is -3.52. The molecule has 1 aromatic heterocycles. The number of nitrogens with one attached hydrogen (secondary N) is 2. The summed E-state index contributed by atoms with van der Waals surface area (Å²) in [5.41, 5.74) is 0.885. The Labute approximate surface area is 112 Å². The van der Waals surface area contributed by atoms with Gasteiger partial charge in [0.05, 0.1) is 3.79 Å². The first-order valence-corrected chi connectivity index (χ1v) is 8.03. The number of rotatable bonds is 3. The highest BCUT2D eigenvalue weighted by molar-refractivity contribution is 9.11. The minimum absolute atomic E-state index is 0.124. The van der Waals surface area contributed by atoms with Crippen molar-refractivity contribution >= 4 is 43.2 Å². The number of sulfonamides is 1. The molecule has 1 fully saturated rings. The van der Waals surface area contributed by atoms with Gasteiger partial charge in [-0.05, 0) is 34.5 Å². The zero-order valence-electron chi connectivity index (χ0n) is 8.99. The summed E-state index contributed by atoms with van der Waals surface area (Å²) in [6, 6.07) is 1.26. The molecular weight excluding hydrogens is 328 g/mol. The van der Waals surface area contributed by atoms with Crippen LogP contribution in [-0.2, 0) is 14.8 Å². The standard InChI is InChI=1S/C9H11BrN2O3S2/c1-5-2-8(16-9(5)10)17(14,15)12-6-3-7(13)11-4-6/h2,6,12H,3-4H2,1H3,(H,11,13). The van der Waals surface area contributed by atoms with E-state index in [0.717, 1.165) is 9.35 Å². The van der Waals surface area contributed by atoms with Gasteiger partial charge in [-0.1, -0.05) is 0 Å². The van der Waals surface area contributed by atoms with Crippen molar-refractivity contribution in [1.82, 2.24) is 10.0 Å². The van der Waals surface area contributed by atoms with Gasteiger partial charge in [-0.2, -0.15) is 0 Å². The zero-order chi connectivity index (χ0) is 12.6.